The number of nitrogens with one attached hydrogen (secondary N) is 1. The maximum absolute atomic E-state index is 12.5. The van der Waals surface area contributed by atoms with E-state index in [9.17, 15) is 14.4 Å². The Morgan fingerprint density at radius 1 is 0.828 bits per heavy atom. The van der Waals surface area contributed by atoms with Crippen LogP contribution in [0.25, 0.3) is 0 Å². The smallest absolute Gasteiger partial charge is 0.253 e. The third-order valence-electron chi connectivity index (χ3n) is 5.56. The maximum Gasteiger partial charge on any atom is 0.253 e. The molecule has 0 saturated carbocycles. The second kappa shape index (κ2) is 10.6. The van der Waals surface area contributed by atoms with Crippen molar-refractivity contribution in [2.45, 2.75) is 25.7 Å². The average molecular weight is 421 g/mol. The first-order chi connectivity index (χ1) is 14.0. The van der Waals surface area contributed by atoms with E-state index >= 15 is 0 Å². The number of halogens is 1. The molecule has 1 aromatic rings. The van der Waals surface area contributed by atoms with Gasteiger partial charge in [-0.05, 0) is 25.0 Å². The highest BCUT2D eigenvalue weighted by molar-refractivity contribution is 6.33. The molecular weight excluding hydrogens is 392 g/mol. The molecule has 0 spiro atoms. The summed E-state index contributed by atoms with van der Waals surface area (Å²) in [5.41, 5.74) is 0.360. The molecule has 29 heavy (non-hydrogen) atoms. The Labute approximate surface area is 177 Å². The number of benzene rings is 1. The van der Waals surface area contributed by atoms with Gasteiger partial charge in [-0.3, -0.25) is 19.3 Å². The molecule has 2 aliphatic heterocycles. The van der Waals surface area contributed by atoms with Crippen LogP contribution in [0.5, 0.6) is 0 Å². The Morgan fingerprint density at radius 3 is 2.10 bits per heavy atom. The maximum atomic E-state index is 12.5. The Hall–Kier alpha value is -2.12. The summed E-state index contributed by atoms with van der Waals surface area (Å²) in [6, 6.07) is 6.75. The van der Waals surface area contributed by atoms with Crippen molar-refractivity contribution in [1.29, 1.82) is 0 Å². The SMILES string of the molecule is O=C(NCC(=O)N1CCN(CC(=O)N2CCCCCC2)CC1)c1ccccc1Cl. The lowest BCUT2D eigenvalue weighted by Gasteiger charge is -2.35. The van der Waals surface area contributed by atoms with E-state index in [0.717, 1.165) is 25.9 Å². The molecule has 0 radical (unpaired) electrons. The quantitative estimate of drug-likeness (QED) is 0.785. The van der Waals surface area contributed by atoms with Crippen molar-refractivity contribution < 1.29 is 14.4 Å². The first-order valence-electron chi connectivity index (χ1n) is 10.4. The molecule has 2 fully saturated rings. The van der Waals surface area contributed by atoms with Crippen molar-refractivity contribution in [3.63, 3.8) is 0 Å². The van der Waals surface area contributed by atoms with Crippen LogP contribution in [0.15, 0.2) is 24.3 Å². The van der Waals surface area contributed by atoms with Gasteiger partial charge in [0.25, 0.3) is 5.91 Å². The van der Waals surface area contributed by atoms with Crippen molar-refractivity contribution in [3.8, 4) is 0 Å². The number of rotatable bonds is 5. The fourth-order valence-corrected chi connectivity index (χ4v) is 4.00. The number of carbonyl (C=O) groups excluding carboxylic acids is 3. The van der Waals surface area contributed by atoms with Crippen LogP contribution < -0.4 is 5.32 Å². The summed E-state index contributed by atoms with van der Waals surface area (Å²) in [7, 11) is 0. The lowest BCUT2D eigenvalue weighted by atomic mass is 10.2. The fraction of sp³-hybridized carbons (Fsp3) is 0.571. The van der Waals surface area contributed by atoms with Gasteiger partial charge in [-0.2, -0.15) is 0 Å². The Kier molecular flexibility index (Phi) is 7.89. The summed E-state index contributed by atoms with van der Waals surface area (Å²) < 4.78 is 0. The summed E-state index contributed by atoms with van der Waals surface area (Å²) in [5.74, 6) is -0.284. The lowest BCUT2D eigenvalue weighted by molar-refractivity contribution is -0.134. The van der Waals surface area contributed by atoms with E-state index < -0.39 is 0 Å². The number of piperazine rings is 1. The van der Waals surface area contributed by atoms with Crippen LogP contribution in [0.1, 0.15) is 36.0 Å². The van der Waals surface area contributed by atoms with Crippen LogP contribution in [0.4, 0.5) is 0 Å². The van der Waals surface area contributed by atoms with Crippen LogP contribution in [0.3, 0.4) is 0 Å². The van der Waals surface area contributed by atoms with Crippen molar-refractivity contribution >= 4 is 29.3 Å². The van der Waals surface area contributed by atoms with Gasteiger partial charge in [0.2, 0.25) is 11.8 Å². The first-order valence-corrected chi connectivity index (χ1v) is 10.7. The molecule has 1 aromatic carbocycles. The molecule has 2 saturated heterocycles. The molecule has 0 atom stereocenters. The average Bonchev–Trinajstić information content (AvgIpc) is 3.02. The fourth-order valence-electron chi connectivity index (χ4n) is 3.78. The van der Waals surface area contributed by atoms with Gasteiger partial charge < -0.3 is 15.1 Å². The number of likely N-dealkylation sites (tertiary alicyclic amines) is 1. The van der Waals surface area contributed by atoms with Gasteiger partial charge in [0.15, 0.2) is 0 Å². The zero-order chi connectivity index (χ0) is 20.6. The number of hydrogen-bond acceptors (Lipinski definition) is 4. The van der Waals surface area contributed by atoms with E-state index in [0.29, 0.717) is 43.3 Å². The third-order valence-corrected chi connectivity index (χ3v) is 5.89. The van der Waals surface area contributed by atoms with Gasteiger partial charge in [0.1, 0.15) is 0 Å². The number of nitrogens with zero attached hydrogens (tertiary/aromatic N) is 3. The Bertz CT molecular complexity index is 726. The van der Waals surface area contributed by atoms with Gasteiger partial charge in [0.05, 0.1) is 23.7 Å². The minimum Gasteiger partial charge on any atom is -0.343 e. The summed E-state index contributed by atoms with van der Waals surface area (Å²) in [4.78, 5) is 42.9. The van der Waals surface area contributed by atoms with Crippen LogP contribution in [-0.2, 0) is 9.59 Å². The molecular formula is C21H29ClN4O3. The molecule has 2 aliphatic rings. The summed E-state index contributed by atoms with van der Waals surface area (Å²) >= 11 is 6.01. The molecule has 0 aliphatic carbocycles. The van der Waals surface area contributed by atoms with Crippen molar-refractivity contribution in [1.82, 2.24) is 20.0 Å². The molecule has 158 valence electrons. The highest BCUT2D eigenvalue weighted by atomic mass is 35.5. The van der Waals surface area contributed by atoms with E-state index in [2.05, 4.69) is 10.2 Å². The normalized spacial score (nSPS) is 18.2. The topological polar surface area (TPSA) is 73.0 Å². The second-order valence-electron chi connectivity index (χ2n) is 7.61. The molecule has 3 amide bonds. The van der Waals surface area contributed by atoms with Gasteiger partial charge in [0, 0.05) is 39.3 Å². The largest absolute Gasteiger partial charge is 0.343 e. The van der Waals surface area contributed by atoms with Crippen molar-refractivity contribution in [2.75, 3.05) is 52.4 Å². The Balaban J connectivity index is 1.39. The predicted molar refractivity (Wildman–Crippen MR) is 112 cm³/mol. The third kappa shape index (κ3) is 6.18. The van der Waals surface area contributed by atoms with Gasteiger partial charge in [-0.1, -0.05) is 36.6 Å². The minimum absolute atomic E-state index is 0.0588. The van der Waals surface area contributed by atoms with Crippen LogP contribution >= 0.6 is 11.6 Å². The molecule has 0 aromatic heterocycles. The summed E-state index contributed by atoms with van der Waals surface area (Å²) in [6.07, 6.45) is 4.59. The van der Waals surface area contributed by atoms with Crippen molar-refractivity contribution in [3.05, 3.63) is 34.9 Å². The number of carbonyl (C=O) groups is 3. The minimum atomic E-state index is -0.356. The summed E-state index contributed by atoms with van der Waals surface area (Å²) in [6.45, 7) is 4.56. The Morgan fingerprint density at radius 2 is 1.45 bits per heavy atom. The molecule has 1 N–H and O–H groups in total. The molecule has 2 heterocycles. The van der Waals surface area contributed by atoms with E-state index in [4.69, 9.17) is 11.6 Å². The molecule has 0 bridgehead atoms. The molecule has 7 nitrogen and oxygen atoms in total. The van der Waals surface area contributed by atoms with E-state index in [-0.39, 0.29) is 24.3 Å². The van der Waals surface area contributed by atoms with Crippen LogP contribution in [0, 0.1) is 0 Å². The van der Waals surface area contributed by atoms with E-state index in [1.807, 2.05) is 4.90 Å². The molecule has 8 heteroatoms. The van der Waals surface area contributed by atoms with Gasteiger partial charge in [-0.15, -0.1) is 0 Å². The van der Waals surface area contributed by atoms with Crippen LogP contribution in [0.2, 0.25) is 5.02 Å². The molecule has 3 rings (SSSR count). The number of amides is 3. The predicted octanol–water partition coefficient (Wildman–Crippen LogP) is 1.62. The van der Waals surface area contributed by atoms with Gasteiger partial charge in [-0.25, -0.2) is 0 Å². The van der Waals surface area contributed by atoms with Crippen LogP contribution in [-0.4, -0.2) is 84.8 Å². The lowest BCUT2D eigenvalue weighted by Crippen LogP contribution is -2.53. The van der Waals surface area contributed by atoms with E-state index in [1.165, 1.54) is 12.8 Å². The second-order valence-corrected chi connectivity index (χ2v) is 8.02. The zero-order valence-electron chi connectivity index (χ0n) is 16.7. The monoisotopic (exact) mass is 420 g/mol. The molecule has 0 unspecified atom stereocenters. The first kappa shape index (κ1) is 21.6. The van der Waals surface area contributed by atoms with Crippen molar-refractivity contribution in [2.24, 2.45) is 0 Å². The van der Waals surface area contributed by atoms with Gasteiger partial charge >= 0.3 is 0 Å². The van der Waals surface area contributed by atoms with E-state index in [1.54, 1.807) is 29.2 Å². The summed E-state index contributed by atoms with van der Waals surface area (Å²) in [5, 5.41) is 3.00. The number of hydrogen-bond donors (Lipinski definition) is 1. The standard InChI is InChI=1S/C21H29ClN4O3/c22-18-8-4-3-7-17(18)21(29)23-15-19(27)26-13-11-24(12-14-26)16-20(28)25-9-5-1-2-6-10-25/h3-4,7-8H,1-2,5-6,9-16H2,(H,23,29). The highest BCUT2D eigenvalue weighted by Crippen LogP contribution is 2.14. The zero-order valence-corrected chi connectivity index (χ0v) is 17.5. The highest BCUT2D eigenvalue weighted by Gasteiger charge is 2.24.